The maximum atomic E-state index is 14.7. The number of nitrogens with one attached hydrogen (secondary N) is 1. The van der Waals surface area contributed by atoms with Crippen molar-refractivity contribution in [1.29, 1.82) is 0 Å². The summed E-state index contributed by atoms with van der Waals surface area (Å²) in [6.45, 7) is 4.40. The van der Waals surface area contributed by atoms with Crippen molar-refractivity contribution in [2.45, 2.75) is 36.6 Å². The van der Waals surface area contributed by atoms with Crippen molar-refractivity contribution < 1.29 is 17.2 Å². The van der Waals surface area contributed by atoms with Crippen LogP contribution in [0.5, 0.6) is 0 Å². The van der Waals surface area contributed by atoms with Crippen molar-refractivity contribution in [3.8, 4) is 0 Å². The standard InChI is InChI=1S/C22H22ClF2N3O2S2/c1-14(28-6-3-7-28)17-4-2-5-19(23)18(17)10-26-15-8-20(24)22(21(25)9-15)32(29,30)12-16-11-31-13-27-16/h2,4-5,8-9,11,13-14,26H,3,6-7,10,12H2,1H3/t14-/m0/s1. The van der Waals surface area contributed by atoms with Crippen molar-refractivity contribution in [2.75, 3.05) is 18.4 Å². The quantitative estimate of drug-likeness (QED) is 0.450. The summed E-state index contributed by atoms with van der Waals surface area (Å²) in [4.78, 5) is 5.27. The third kappa shape index (κ3) is 4.80. The smallest absolute Gasteiger partial charge is 0.189 e. The number of rotatable bonds is 8. The molecule has 1 fully saturated rings. The van der Waals surface area contributed by atoms with E-state index >= 15 is 0 Å². The van der Waals surface area contributed by atoms with Gasteiger partial charge in [0.25, 0.3) is 0 Å². The Morgan fingerprint density at radius 1 is 1.25 bits per heavy atom. The molecule has 4 rings (SSSR count). The average Bonchev–Trinajstić information content (AvgIpc) is 3.16. The second kappa shape index (κ2) is 9.43. The first-order valence-corrected chi connectivity index (χ1v) is 13.1. The summed E-state index contributed by atoms with van der Waals surface area (Å²) in [7, 11) is -4.22. The Labute approximate surface area is 195 Å². The van der Waals surface area contributed by atoms with Crippen LogP contribution < -0.4 is 5.32 Å². The molecular weight excluding hydrogens is 476 g/mol. The van der Waals surface area contributed by atoms with Gasteiger partial charge in [0.05, 0.1) is 17.0 Å². The van der Waals surface area contributed by atoms with E-state index in [2.05, 4.69) is 22.1 Å². The number of nitrogens with zero attached hydrogens (tertiary/aromatic N) is 2. The van der Waals surface area contributed by atoms with E-state index in [0.717, 1.165) is 42.8 Å². The number of sulfone groups is 1. The molecule has 2 heterocycles. The zero-order chi connectivity index (χ0) is 22.9. The molecule has 170 valence electrons. The minimum Gasteiger partial charge on any atom is -0.381 e. The van der Waals surface area contributed by atoms with Gasteiger partial charge in [0.2, 0.25) is 0 Å². The van der Waals surface area contributed by atoms with Gasteiger partial charge in [-0.25, -0.2) is 22.2 Å². The molecule has 0 bridgehead atoms. The van der Waals surface area contributed by atoms with Gasteiger partial charge in [-0.3, -0.25) is 4.90 Å². The summed E-state index contributed by atoms with van der Waals surface area (Å²) < 4.78 is 54.5. The molecule has 1 atom stereocenters. The lowest BCUT2D eigenvalue weighted by atomic mass is 9.97. The summed E-state index contributed by atoms with van der Waals surface area (Å²) in [5.74, 6) is -2.85. The van der Waals surface area contributed by atoms with Crippen LogP contribution in [-0.2, 0) is 22.1 Å². The Balaban J connectivity index is 1.55. The first kappa shape index (κ1) is 23.1. The molecule has 5 nitrogen and oxygen atoms in total. The minimum absolute atomic E-state index is 0.134. The van der Waals surface area contributed by atoms with Gasteiger partial charge in [0, 0.05) is 28.7 Å². The summed E-state index contributed by atoms with van der Waals surface area (Å²) >= 11 is 7.64. The minimum atomic E-state index is -4.22. The monoisotopic (exact) mass is 497 g/mol. The molecular formula is C22H22ClF2N3O2S2. The van der Waals surface area contributed by atoms with Crippen LogP contribution in [-0.4, -0.2) is 31.4 Å². The summed E-state index contributed by atoms with van der Waals surface area (Å²) in [5.41, 5.74) is 3.74. The van der Waals surface area contributed by atoms with Crippen LogP contribution in [0.1, 0.15) is 36.2 Å². The lowest BCUT2D eigenvalue weighted by Gasteiger charge is -2.37. The molecule has 2 aromatic carbocycles. The van der Waals surface area contributed by atoms with E-state index < -0.39 is 32.1 Å². The van der Waals surface area contributed by atoms with Crippen LogP contribution in [0.2, 0.25) is 5.02 Å². The van der Waals surface area contributed by atoms with Gasteiger partial charge < -0.3 is 5.32 Å². The van der Waals surface area contributed by atoms with E-state index in [-0.39, 0.29) is 24.0 Å². The zero-order valence-electron chi connectivity index (χ0n) is 17.3. The van der Waals surface area contributed by atoms with Crippen molar-refractivity contribution in [2.24, 2.45) is 0 Å². The highest BCUT2D eigenvalue weighted by atomic mass is 35.5. The molecule has 32 heavy (non-hydrogen) atoms. The van der Waals surface area contributed by atoms with Crippen LogP contribution in [0.15, 0.2) is 46.1 Å². The van der Waals surface area contributed by atoms with Crippen LogP contribution >= 0.6 is 22.9 Å². The molecule has 0 amide bonds. The van der Waals surface area contributed by atoms with Crippen LogP contribution in [0.4, 0.5) is 14.5 Å². The molecule has 0 aliphatic carbocycles. The third-order valence-corrected chi connectivity index (χ3v) is 8.32. The number of benzene rings is 2. The van der Waals surface area contributed by atoms with Crippen LogP contribution in [0.3, 0.4) is 0 Å². The van der Waals surface area contributed by atoms with Crippen LogP contribution in [0.25, 0.3) is 0 Å². The first-order valence-electron chi connectivity index (χ1n) is 10.1. The largest absolute Gasteiger partial charge is 0.381 e. The normalized spacial score (nSPS) is 15.4. The van der Waals surface area contributed by atoms with E-state index in [9.17, 15) is 17.2 Å². The van der Waals surface area contributed by atoms with Gasteiger partial charge in [-0.1, -0.05) is 23.7 Å². The predicted octanol–water partition coefficient (Wildman–Crippen LogP) is 5.43. The molecule has 1 aliphatic rings. The molecule has 0 spiro atoms. The SMILES string of the molecule is C[C@@H](c1cccc(Cl)c1CNc1cc(F)c(S(=O)(=O)Cc2cscn2)c(F)c1)N1CCC1. The topological polar surface area (TPSA) is 62.3 Å². The Morgan fingerprint density at radius 2 is 1.97 bits per heavy atom. The molecule has 3 aromatic rings. The molecule has 1 saturated heterocycles. The van der Waals surface area contributed by atoms with Crippen molar-refractivity contribution >= 4 is 38.5 Å². The molecule has 10 heteroatoms. The van der Waals surface area contributed by atoms with Gasteiger partial charge in [0.1, 0.15) is 16.5 Å². The zero-order valence-corrected chi connectivity index (χ0v) is 19.7. The highest BCUT2D eigenvalue weighted by Crippen LogP contribution is 2.32. The number of anilines is 1. The molecule has 1 N–H and O–H groups in total. The molecule has 0 saturated carbocycles. The summed E-state index contributed by atoms with van der Waals surface area (Å²) in [6.07, 6.45) is 1.16. The Morgan fingerprint density at radius 3 is 2.56 bits per heavy atom. The van der Waals surface area contributed by atoms with Gasteiger partial charge in [0.15, 0.2) is 9.84 Å². The second-order valence-corrected chi connectivity index (χ2v) is 10.8. The van der Waals surface area contributed by atoms with Crippen molar-refractivity contribution in [3.05, 3.63) is 74.7 Å². The average molecular weight is 498 g/mol. The number of hydrogen-bond donors (Lipinski definition) is 1. The number of likely N-dealkylation sites (tertiary alicyclic amines) is 1. The van der Waals surface area contributed by atoms with E-state index in [4.69, 9.17) is 11.6 Å². The molecule has 1 aliphatic heterocycles. The first-order chi connectivity index (χ1) is 15.3. The van der Waals surface area contributed by atoms with Crippen molar-refractivity contribution in [3.63, 3.8) is 0 Å². The number of aromatic nitrogens is 1. The van der Waals surface area contributed by atoms with Gasteiger partial charge in [-0.15, -0.1) is 11.3 Å². The highest BCUT2D eigenvalue weighted by Gasteiger charge is 2.27. The fourth-order valence-electron chi connectivity index (χ4n) is 3.80. The lowest BCUT2D eigenvalue weighted by Crippen LogP contribution is -2.39. The fourth-order valence-corrected chi connectivity index (χ4v) is 6.12. The van der Waals surface area contributed by atoms with Crippen LogP contribution in [0, 0.1) is 11.6 Å². The Kier molecular flexibility index (Phi) is 6.80. The molecule has 0 unspecified atom stereocenters. The Bertz CT molecular complexity index is 1190. The maximum Gasteiger partial charge on any atom is 0.189 e. The van der Waals surface area contributed by atoms with E-state index in [1.165, 1.54) is 22.2 Å². The summed E-state index contributed by atoms with van der Waals surface area (Å²) in [5, 5.41) is 5.08. The lowest BCUT2D eigenvalue weighted by molar-refractivity contribution is 0.128. The molecule has 0 radical (unpaired) electrons. The Hall–Kier alpha value is -2.07. The van der Waals surface area contributed by atoms with Gasteiger partial charge >= 0.3 is 0 Å². The second-order valence-electron chi connectivity index (χ2n) is 7.73. The van der Waals surface area contributed by atoms with Gasteiger partial charge in [-0.05, 0) is 55.8 Å². The van der Waals surface area contributed by atoms with E-state index in [1.807, 2.05) is 12.1 Å². The predicted molar refractivity (Wildman–Crippen MR) is 123 cm³/mol. The maximum absolute atomic E-state index is 14.7. The number of hydrogen-bond acceptors (Lipinski definition) is 6. The third-order valence-electron chi connectivity index (χ3n) is 5.64. The summed E-state index contributed by atoms with van der Waals surface area (Å²) in [6, 6.07) is 7.82. The van der Waals surface area contributed by atoms with E-state index in [1.54, 1.807) is 6.07 Å². The van der Waals surface area contributed by atoms with Crippen molar-refractivity contribution in [1.82, 2.24) is 9.88 Å². The van der Waals surface area contributed by atoms with E-state index in [0.29, 0.717) is 5.02 Å². The number of thiazole rings is 1. The fraction of sp³-hybridized carbons (Fsp3) is 0.318. The number of halogens is 3. The van der Waals surface area contributed by atoms with Gasteiger partial charge in [-0.2, -0.15) is 0 Å². The molecule has 1 aromatic heterocycles. The highest BCUT2D eigenvalue weighted by molar-refractivity contribution is 7.90.